The van der Waals surface area contributed by atoms with Gasteiger partial charge in [-0.1, -0.05) is 0 Å². The van der Waals surface area contributed by atoms with Crippen molar-refractivity contribution in [3.63, 3.8) is 0 Å². The maximum Gasteiger partial charge on any atom is 0.166 e. The van der Waals surface area contributed by atoms with Crippen LogP contribution in [0.1, 0.15) is 19.8 Å². The van der Waals surface area contributed by atoms with E-state index in [0.29, 0.717) is 6.04 Å². The zero-order valence-electron chi connectivity index (χ0n) is 9.25. The lowest BCUT2D eigenvalue weighted by molar-refractivity contribution is 0.145. The van der Waals surface area contributed by atoms with Crippen molar-refractivity contribution in [2.75, 3.05) is 31.3 Å². The number of ether oxygens (including phenoxy) is 1. The molecule has 1 saturated heterocycles. The molecule has 0 aromatic rings. The van der Waals surface area contributed by atoms with Crippen LogP contribution in [0, 0.1) is 0 Å². The van der Waals surface area contributed by atoms with Crippen LogP contribution in [0.25, 0.3) is 0 Å². The van der Waals surface area contributed by atoms with E-state index >= 15 is 0 Å². The standard InChI is InChI=1S/C10H20N2OS2/c1-2-13-6-3-5-11-10(14)12-9-4-7-15-8-9/h9H,2-8H2,1H3,(H2,11,12,14). The minimum absolute atomic E-state index is 0.571. The van der Waals surface area contributed by atoms with Crippen molar-refractivity contribution >= 4 is 29.1 Å². The summed E-state index contributed by atoms with van der Waals surface area (Å²) in [5.74, 6) is 2.44. The van der Waals surface area contributed by atoms with Crippen molar-refractivity contribution in [3.8, 4) is 0 Å². The van der Waals surface area contributed by atoms with E-state index in [1.54, 1.807) is 0 Å². The minimum Gasteiger partial charge on any atom is -0.382 e. The lowest BCUT2D eigenvalue weighted by Gasteiger charge is -2.14. The second kappa shape index (κ2) is 8.19. The average molecular weight is 248 g/mol. The zero-order chi connectivity index (χ0) is 10.9. The lowest BCUT2D eigenvalue weighted by atomic mass is 10.3. The van der Waals surface area contributed by atoms with Crippen LogP contribution in [0.5, 0.6) is 0 Å². The highest BCUT2D eigenvalue weighted by molar-refractivity contribution is 7.99. The Balaban J connectivity index is 1.93. The Kier molecular flexibility index (Phi) is 7.13. The van der Waals surface area contributed by atoms with Crippen LogP contribution < -0.4 is 10.6 Å². The van der Waals surface area contributed by atoms with Crippen LogP contribution in [0.2, 0.25) is 0 Å². The Morgan fingerprint density at radius 2 is 2.47 bits per heavy atom. The molecule has 0 aromatic carbocycles. The molecule has 1 unspecified atom stereocenters. The predicted molar refractivity (Wildman–Crippen MR) is 70.6 cm³/mol. The third kappa shape index (κ3) is 6.22. The van der Waals surface area contributed by atoms with Gasteiger partial charge in [-0.25, -0.2) is 0 Å². The van der Waals surface area contributed by atoms with Crippen LogP contribution in [0.3, 0.4) is 0 Å². The Bertz CT molecular complexity index is 184. The van der Waals surface area contributed by atoms with Crippen molar-refractivity contribution in [2.24, 2.45) is 0 Å². The van der Waals surface area contributed by atoms with Crippen molar-refractivity contribution in [1.82, 2.24) is 10.6 Å². The molecule has 1 aliphatic rings. The van der Waals surface area contributed by atoms with Crippen LogP contribution >= 0.6 is 24.0 Å². The van der Waals surface area contributed by atoms with E-state index < -0.39 is 0 Å². The van der Waals surface area contributed by atoms with Gasteiger partial charge < -0.3 is 15.4 Å². The SMILES string of the molecule is CCOCCCNC(=S)NC1CCSC1. The fourth-order valence-corrected chi connectivity index (χ4v) is 2.83. The van der Waals surface area contributed by atoms with E-state index in [0.717, 1.165) is 31.3 Å². The summed E-state index contributed by atoms with van der Waals surface area (Å²) < 4.78 is 5.24. The molecule has 3 nitrogen and oxygen atoms in total. The number of nitrogens with one attached hydrogen (secondary N) is 2. The number of hydrogen-bond donors (Lipinski definition) is 2. The quantitative estimate of drug-likeness (QED) is 0.548. The molecule has 0 spiro atoms. The smallest absolute Gasteiger partial charge is 0.166 e. The molecule has 0 saturated carbocycles. The summed E-state index contributed by atoms with van der Waals surface area (Å²) in [4.78, 5) is 0. The van der Waals surface area contributed by atoms with Crippen LogP contribution in [-0.4, -0.2) is 42.4 Å². The summed E-state index contributed by atoms with van der Waals surface area (Å²) in [5.41, 5.74) is 0. The van der Waals surface area contributed by atoms with Gasteiger partial charge in [-0.15, -0.1) is 0 Å². The van der Waals surface area contributed by atoms with Crippen LogP contribution in [-0.2, 0) is 4.74 Å². The Labute approximate surface area is 102 Å². The van der Waals surface area contributed by atoms with Crippen LogP contribution in [0.15, 0.2) is 0 Å². The summed E-state index contributed by atoms with van der Waals surface area (Å²) in [6, 6.07) is 0.571. The predicted octanol–water partition coefficient (Wildman–Crippen LogP) is 1.38. The molecule has 1 fully saturated rings. The van der Waals surface area contributed by atoms with Crippen LogP contribution in [0.4, 0.5) is 0 Å². The normalized spacial score (nSPS) is 20.2. The summed E-state index contributed by atoms with van der Waals surface area (Å²) in [6.45, 7) is 4.51. The molecular weight excluding hydrogens is 228 g/mol. The second-order valence-corrected chi connectivity index (χ2v) is 5.07. The molecule has 1 heterocycles. The lowest BCUT2D eigenvalue weighted by Crippen LogP contribution is -2.42. The van der Waals surface area contributed by atoms with Gasteiger partial charge in [0.2, 0.25) is 0 Å². The fourth-order valence-electron chi connectivity index (χ4n) is 1.41. The molecule has 1 rings (SSSR count). The van der Waals surface area contributed by atoms with E-state index in [2.05, 4.69) is 10.6 Å². The van der Waals surface area contributed by atoms with Gasteiger partial charge in [0.25, 0.3) is 0 Å². The number of thiocarbonyl (C=S) groups is 1. The first kappa shape index (κ1) is 13.1. The molecule has 0 radical (unpaired) electrons. The number of thioether (sulfide) groups is 1. The van der Waals surface area contributed by atoms with Crippen molar-refractivity contribution in [1.29, 1.82) is 0 Å². The topological polar surface area (TPSA) is 33.3 Å². The summed E-state index contributed by atoms with van der Waals surface area (Å²) in [7, 11) is 0. The first-order valence-corrected chi connectivity index (χ1v) is 7.09. The molecule has 15 heavy (non-hydrogen) atoms. The maximum atomic E-state index is 5.24. The molecule has 0 aromatic heterocycles. The molecule has 1 aliphatic heterocycles. The molecule has 0 aliphatic carbocycles. The average Bonchev–Trinajstić information content (AvgIpc) is 2.70. The van der Waals surface area contributed by atoms with Gasteiger partial charge in [-0.05, 0) is 37.7 Å². The third-order valence-electron chi connectivity index (χ3n) is 2.22. The highest BCUT2D eigenvalue weighted by Gasteiger charge is 2.15. The number of rotatable bonds is 6. The van der Waals surface area contributed by atoms with E-state index in [1.807, 2.05) is 18.7 Å². The third-order valence-corrected chi connectivity index (χ3v) is 3.64. The molecule has 88 valence electrons. The van der Waals surface area contributed by atoms with Gasteiger partial charge in [-0.2, -0.15) is 11.8 Å². The van der Waals surface area contributed by atoms with E-state index in [-0.39, 0.29) is 0 Å². The Morgan fingerprint density at radius 1 is 1.60 bits per heavy atom. The van der Waals surface area contributed by atoms with Gasteiger partial charge >= 0.3 is 0 Å². The van der Waals surface area contributed by atoms with E-state index in [1.165, 1.54) is 17.9 Å². The molecular formula is C10H20N2OS2. The summed E-state index contributed by atoms with van der Waals surface area (Å²) in [6.07, 6.45) is 2.24. The fraction of sp³-hybridized carbons (Fsp3) is 0.900. The number of hydrogen-bond acceptors (Lipinski definition) is 3. The molecule has 5 heteroatoms. The van der Waals surface area contributed by atoms with Gasteiger partial charge in [0.1, 0.15) is 0 Å². The first-order valence-electron chi connectivity index (χ1n) is 5.52. The zero-order valence-corrected chi connectivity index (χ0v) is 10.9. The minimum atomic E-state index is 0.571. The summed E-state index contributed by atoms with van der Waals surface area (Å²) in [5, 5.41) is 7.32. The molecule has 0 amide bonds. The Morgan fingerprint density at radius 3 is 3.13 bits per heavy atom. The van der Waals surface area contributed by atoms with Crippen molar-refractivity contribution in [2.45, 2.75) is 25.8 Å². The van der Waals surface area contributed by atoms with Gasteiger partial charge in [0.15, 0.2) is 5.11 Å². The summed E-state index contributed by atoms with van der Waals surface area (Å²) >= 11 is 7.19. The monoisotopic (exact) mass is 248 g/mol. The first-order chi connectivity index (χ1) is 7.33. The highest BCUT2D eigenvalue weighted by atomic mass is 32.2. The van der Waals surface area contributed by atoms with Crippen molar-refractivity contribution in [3.05, 3.63) is 0 Å². The molecule has 1 atom stereocenters. The van der Waals surface area contributed by atoms with Gasteiger partial charge in [0.05, 0.1) is 0 Å². The van der Waals surface area contributed by atoms with Gasteiger partial charge in [-0.3, -0.25) is 0 Å². The van der Waals surface area contributed by atoms with E-state index in [9.17, 15) is 0 Å². The molecule has 0 bridgehead atoms. The van der Waals surface area contributed by atoms with E-state index in [4.69, 9.17) is 17.0 Å². The second-order valence-electron chi connectivity index (χ2n) is 3.51. The Hall–Kier alpha value is 0. The van der Waals surface area contributed by atoms with Crippen molar-refractivity contribution < 1.29 is 4.74 Å². The maximum absolute atomic E-state index is 5.24. The van der Waals surface area contributed by atoms with Gasteiger partial charge in [0, 0.05) is 31.6 Å². The highest BCUT2D eigenvalue weighted by Crippen LogP contribution is 2.16. The largest absolute Gasteiger partial charge is 0.382 e. The molecule has 2 N–H and O–H groups in total.